The fourth-order valence-electron chi connectivity index (χ4n) is 7.36. The summed E-state index contributed by atoms with van der Waals surface area (Å²) < 4.78 is 36.8. The number of esters is 1. The number of anilines is 1. The first-order valence-corrected chi connectivity index (χ1v) is 18.9. The molecule has 5 N–H and O–H groups in total. The van der Waals surface area contributed by atoms with Gasteiger partial charge in [-0.1, -0.05) is 13.8 Å². The molecule has 7 atom stereocenters. The molecule has 17 heteroatoms. The lowest BCUT2D eigenvalue weighted by Gasteiger charge is -2.39. The van der Waals surface area contributed by atoms with Crippen molar-refractivity contribution in [1.82, 2.24) is 30.5 Å². The molecular weight excluding hydrogens is 714 g/mol. The lowest BCUT2D eigenvalue weighted by atomic mass is 9.87. The molecule has 1 aliphatic carbocycles. The van der Waals surface area contributed by atoms with Crippen LogP contribution in [0.25, 0.3) is 11.0 Å². The molecule has 304 valence electrons. The van der Waals surface area contributed by atoms with Gasteiger partial charge in [0.1, 0.15) is 41.9 Å². The Labute approximate surface area is 321 Å². The molecule has 4 heterocycles. The van der Waals surface area contributed by atoms with E-state index in [1.54, 1.807) is 67.7 Å². The van der Waals surface area contributed by atoms with Crippen LogP contribution in [0.2, 0.25) is 0 Å². The smallest absolute Gasteiger partial charge is 0.411 e. The van der Waals surface area contributed by atoms with E-state index < -0.39 is 77.6 Å². The van der Waals surface area contributed by atoms with Gasteiger partial charge in [-0.25, -0.2) is 24.4 Å². The van der Waals surface area contributed by atoms with Gasteiger partial charge in [0.25, 0.3) is 0 Å². The number of fused-ring (bicyclic) bond motifs is 2. The maximum absolute atomic E-state index is 14.2. The third kappa shape index (κ3) is 9.67. The van der Waals surface area contributed by atoms with Gasteiger partial charge in [-0.05, 0) is 74.3 Å². The van der Waals surface area contributed by atoms with Crippen molar-refractivity contribution < 1.29 is 47.6 Å². The van der Waals surface area contributed by atoms with E-state index in [1.165, 1.54) is 18.2 Å². The second kappa shape index (κ2) is 15.9. The molecule has 0 unspecified atom stereocenters. The van der Waals surface area contributed by atoms with Crippen LogP contribution in [0.3, 0.4) is 0 Å². The van der Waals surface area contributed by atoms with Crippen LogP contribution >= 0.6 is 0 Å². The third-order valence-corrected chi connectivity index (χ3v) is 9.53. The minimum absolute atomic E-state index is 0.00989. The molecule has 2 fully saturated rings. The van der Waals surface area contributed by atoms with E-state index in [2.05, 4.69) is 25.6 Å². The zero-order valence-electron chi connectivity index (χ0n) is 33.7. The highest BCUT2D eigenvalue weighted by Gasteiger charge is 2.61. The van der Waals surface area contributed by atoms with Crippen LogP contribution in [-0.2, 0) is 38.0 Å². The van der Waals surface area contributed by atoms with E-state index in [1.807, 2.05) is 13.8 Å². The predicted molar refractivity (Wildman–Crippen MR) is 200 cm³/mol. The number of nitrogens with two attached hydrogens (primary N) is 1. The fourth-order valence-corrected chi connectivity index (χ4v) is 7.36. The number of nitrogens with zero attached hydrogens (tertiary/aromatic N) is 3. The largest absolute Gasteiger partial charge is 0.460 e. The van der Waals surface area contributed by atoms with E-state index in [-0.39, 0.29) is 36.4 Å². The average Bonchev–Trinajstić information content (AvgIpc) is 3.71. The highest BCUT2D eigenvalue weighted by Crippen LogP contribution is 2.49. The number of alkyl carbamates (subject to hydrolysis) is 1. The van der Waals surface area contributed by atoms with Crippen LogP contribution in [0.4, 0.5) is 15.4 Å². The molecule has 0 radical (unpaired) electrons. The molecule has 0 bridgehead atoms. The third-order valence-electron chi connectivity index (χ3n) is 9.53. The number of hydrogen-bond acceptors (Lipinski definition) is 13. The first kappa shape index (κ1) is 41.7. The molecule has 2 aliphatic heterocycles. The Hall–Kier alpha value is -4.48. The summed E-state index contributed by atoms with van der Waals surface area (Å²) in [6, 6.07) is -3.18. The van der Waals surface area contributed by atoms with Crippen molar-refractivity contribution in [2.45, 2.75) is 161 Å². The molecule has 55 heavy (non-hydrogen) atoms. The van der Waals surface area contributed by atoms with Crippen molar-refractivity contribution >= 4 is 40.9 Å². The van der Waals surface area contributed by atoms with Crippen LogP contribution in [0, 0.1) is 0 Å². The molecule has 0 spiro atoms. The molecule has 2 aromatic heterocycles. The minimum Gasteiger partial charge on any atom is -0.460 e. The SMILES string of the molecule is CCC(CC)O[C@@H]1C=C(C(=O)OC[C@@H]2[C@H]3OC(C)(C)O[C@H]3[C@H](c3c[nH]c4c(N)ncnc34)N2C(=O)OC(C)(C)C)C[C@H](NC(=O)OC(C)(C)C)[C@H]1NC(C)=O. The number of rotatable bonds is 10. The number of likely N-dealkylation sites (tertiary alicyclic amines) is 1. The van der Waals surface area contributed by atoms with E-state index >= 15 is 0 Å². The van der Waals surface area contributed by atoms with E-state index in [0.717, 1.165) is 0 Å². The monoisotopic (exact) mass is 771 g/mol. The lowest BCUT2D eigenvalue weighted by Crippen LogP contribution is -2.60. The predicted octanol–water partition coefficient (Wildman–Crippen LogP) is 4.57. The Bertz CT molecular complexity index is 1780. The second-order valence-electron chi connectivity index (χ2n) is 16.7. The Balaban J connectivity index is 1.49. The van der Waals surface area contributed by atoms with E-state index in [9.17, 15) is 19.2 Å². The highest BCUT2D eigenvalue weighted by molar-refractivity contribution is 5.90. The molecule has 3 aliphatic rings. The Morgan fingerprint density at radius 2 is 1.67 bits per heavy atom. The molecule has 0 aromatic carbocycles. The number of carbonyl (C=O) groups is 4. The van der Waals surface area contributed by atoms with Crippen molar-refractivity contribution in [3.05, 3.63) is 29.7 Å². The average molecular weight is 772 g/mol. The highest BCUT2D eigenvalue weighted by atomic mass is 16.8. The molecule has 2 saturated heterocycles. The number of hydrogen-bond donors (Lipinski definition) is 4. The van der Waals surface area contributed by atoms with E-state index in [0.29, 0.717) is 29.4 Å². The first-order valence-electron chi connectivity index (χ1n) is 18.9. The van der Waals surface area contributed by atoms with Crippen LogP contribution in [-0.4, -0.2) is 110 Å². The number of aromatic nitrogens is 3. The maximum Gasteiger partial charge on any atom is 0.411 e. The normalized spacial score (nSPS) is 26.4. The summed E-state index contributed by atoms with van der Waals surface area (Å²) in [6.45, 7) is 19.1. The van der Waals surface area contributed by atoms with Gasteiger partial charge in [0.15, 0.2) is 11.6 Å². The second-order valence-corrected chi connectivity index (χ2v) is 16.7. The van der Waals surface area contributed by atoms with Gasteiger partial charge in [-0.15, -0.1) is 0 Å². The summed E-state index contributed by atoms with van der Waals surface area (Å²) in [7, 11) is 0. The number of ether oxygens (including phenoxy) is 6. The summed E-state index contributed by atoms with van der Waals surface area (Å²) in [5.74, 6) is -1.85. The van der Waals surface area contributed by atoms with Gasteiger partial charge in [-0.2, -0.15) is 0 Å². The van der Waals surface area contributed by atoms with E-state index in [4.69, 9.17) is 34.2 Å². The molecule has 5 rings (SSSR count). The molecule has 3 amide bonds. The molecular formula is C38H57N7O10. The number of amides is 3. The Morgan fingerprint density at radius 1 is 1.02 bits per heavy atom. The summed E-state index contributed by atoms with van der Waals surface area (Å²) >= 11 is 0. The Kier molecular flexibility index (Phi) is 12.1. The van der Waals surface area contributed by atoms with Crippen LogP contribution in [0.5, 0.6) is 0 Å². The zero-order chi connectivity index (χ0) is 40.6. The number of nitrogen functional groups attached to an aromatic ring is 1. The van der Waals surface area contributed by atoms with Gasteiger partial charge in [0.2, 0.25) is 5.91 Å². The first-order chi connectivity index (χ1) is 25.6. The topological polar surface area (TPSA) is 219 Å². The van der Waals surface area contributed by atoms with Crippen LogP contribution in [0.1, 0.15) is 107 Å². The maximum atomic E-state index is 14.2. The summed E-state index contributed by atoms with van der Waals surface area (Å²) in [5.41, 5.74) is 6.28. The molecule has 17 nitrogen and oxygen atoms in total. The van der Waals surface area contributed by atoms with Crippen molar-refractivity contribution in [1.29, 1.82) is 0 Å². The van der Waals surface area contributed by atoms with Crippen molar-refractivity contribution in [2.24, 2.45) is 0 Å². The lowest BCUT2D eigenvalue weighted by molar-refractivity contribution is -0.171. The van der Waals surface area contributed by atoms with Gasteiger partial charge >= 0.3 is 18.2 Å². The van der Waals surface area contributed by atoms with Gasteiger partial charge in [0.05, 0.1) is 41.9 Å². The van der Waals surface area contributed by atoms with Crippen LogP contribution in [0.15, 0.2) is 24.2 Å². The van der Waals surface area contributed by atoms with Gasteiger partial charge in [0, 0.05) is 30.7 Å². The fraction of sp³-hybridized carbons (Fsp3) is 0.684. The molecule has 0 saturated carbocycles. The standard InChI is InChI=1S/C38H57N7O10/c1-12-21(13-2)51-25-15-20(14-23(27(25)43-19(3)46)44-34(48)54-36(4,5)6)33(47)50-17-24-30-31(53-38(10,11)52-30)29(45(24)35(49)55-37(7,8)9)22-16-40-28-26(22)41-18-42-32(28)39/h15-16,18,21,23-25,27,29-31,40H,12-14,17H2,1-11H3,(H,43,46)(H,44,48)(H2,39,41,42)/t23-,24+,25+,27+,29-,30+,31-/m0/s1. The van der Waals surface area contributed by atoms with Gasteiger partial charge < -0.3 is 49.8 Å². The number of aromatic amines is 1. The summed E-state index contributed by atoms with van der Waals surface area (Å²) in [5, 5.41) is 5.75. The Morgan fingerprint density at radius 3 is 2.29 bits per heavy atom. The number of carbonyl (C=O) groups excluding carboxylic acids is 4. The van der Waals surface area contributed by atoms with Crippen molar-refractivity contribution in [3.63, 3.8) is 0 Å². The minimum atomic E-state index is -1.04. The quantitative estimate of drug-likeness (QED) is 0.193. The summed E-state index contributed by atoms with van der Waals surface area (Å²) in [6.07, 6.45) is 2.17. The zero-order valence-corrected chi connectivity index (χ0v) is 33.7. The molecule has 2 aromatic rings. The van der Waals surface area contributed by atoms with Crippen LogP contribution < -0.4 is 16.4 Å². The number of H-pyrrole nitrogens is 1. The van der Waals surface area contributed by atoms with Crippen molar-refractivity contribution in [2.75, 3.05) is 12.3 Å². The van der Waals surface area contributed by atoms with Crippen molar-refractivity contribution in [3.8, 4) is 0 Å². The van der Waals surface area contributed by atoms with Gasteiger partial charge in [-0.3, -0.25) is 9.69 Å². The summed E-state index contributed by atoms with van der Waals surface area (Å²) in [4.78, 5) is 66.9. The number of nitrogens with one attached hydrogen (secondary N) is 3.